The highest BCUT2D eigenvalue weighted by atomic mass is 32.2. The lowest BCUT2D eigenvalue weighted by Gasteiger charge is -2.38. The highest BCUT2D eigenvalue weighted by Gasteiger charge is 2.62. The second-order valence-corrected chi connectivity index (χ2v) is 9.02. The smallest absolute Gasteiger partial charge is 0.316 e. The molecule has 2 bridgehead atoms. The van der Waals surface area contributed by atoms with Crippen molar-refractivity contribution in [1.82, 2.24) is 9.55 Å². The van der Waals surface area contributed by atoms with Crippen LogP contribution in [-0.4, -0.2) is 27.4 Å². The van der Waals surface area contributed by atoms with Crippen LogP contribution < -0.4 is 11.3 Å². The van der Waals surface area contributed by atoms with Crippen LogP contribution in [0.1, 0.15) is 40.0 Å². The topological polar surface area (TPSA) is 87.2 Å². The lowest BCUT2D eigenvalue weighted by Crippen LogP contribution is -2.38. The summed E-state index contributed by atoms with van der Waals surface area (Å²) in [5, 5.41) is 0.409. The molecule has 7 heteroatoms. The Hall–Kier alpha value is -1.76. The zero-order chi connectivity index (χ0) is 19.1. The molecule has 3 atom stereocenters. The van der Waals surface area contributed by atoms with Gasteiger partial charge in [-0.3, -0.25) is 9.59 Å². The molecule has 0 saturated heterocycles. The number of allylic oxidation sites excluding steroid dienone is 1. The number of rotatable bonds is 6. The minimum Gasteiger partial charge on any atom is -0.461 e. The van der Waals surface area contributed by atoms with Gasteiger partial charge in [-0.1, -0.05) is 38.6 Å². The van der Waals surface area contributed by atoms with Gasteiger partial charge in [-0.05, 0) is 30.6 Å². The van der Waals surface area contributed by atoms with Crippen molar-refractivity contribution in [1.29, 1.82) is 0 Å². The molecule has 0 spiro atoms. The average Bonchev–Trinajstić information content (AvgIpc) is 2.89. The summed E-state index contributed by atoms with van der Waals surface area (Å²) in [7, 11) is 0. The Kier molecular flexibility index (Phi) is 4.94. The van der Waals surface area contributed by atoms with Crippen molar-refractivity contribution in [2.24, 2.45) is 16.7 Å². The third-order valence-electron chi connectivity index (χ3n) is 6.64. The zero-order valence-electron chi connectivity index (χ0n) is 15.7. The Balaban J connectivity index is 1.66. The molecule has 1 heterocycles. The van der Waals surface area contributed by atoms with Crippen molar-refractivity contribution in [3.05, 3.63) is 29.1 Å². The van der Waals surface area contributed by atoms with Gasteiger partial charge in [0.1, 0.15) is 11.9 Å². The fourth-order valence-electron chi connectivity index (χ4n) is 4.55. The summed E-state index contributed by atoms with van der Waals surface area (Å²) in [6.45, 7) is 10.9. The fraction of sp³-hybridized carbons (Fsp3) is 0.632. The van der Waals surface area contributed by atoms with E-state index >= 15 is 0 Å². The van der Waals surface area contributed by atoms with Gasteiger partial charge in [0.15, 0.2) is 5.16 Å². The number of carbonyl (C=O) groups is 1. The predicted molar refractivity (Wildman–Crippen MR) is 103 cm³/mol. The molecule has 2 aliphatic rings. The SMILES string of the molecule is C=CCn1c(N)cc(=O)nc1SCC(=O)O[C@@H]1C[C@@H]2CC[C@@]1(C)C2(C)C. The van der Waals surface area contributed by atoms with E-state index in [2.05, 4.69) is 32.3 Å². The van der Waals surface area contributed by atoms with Gasteiger partial charge in [0.25, 0.3) is 5.56 Å². The van der Waals surface area contributed by atoms with E-state index in [0.29, 0.717) is 23.4 Å². The molecule has 142 valence electrons. The summed E-state index contributed by atoms with van der Waals surface area (Å²) < 4.78 is 7.50. The first kappa shape index (κ1) is 19.0. The maximum atomic E-state index is 12.4. The molecule has 0 aliphatic heterocycles. The molecule has 2 aliphatic carbocycles. The average molecular weight is 378 g/mol. The molecule has 2 saturated carbocycles. The van der Waals surface area contributed by atoms with Crippen LogP contribution in [0.2, 0.25) is 0 Å². The molecule has 0 unspecified atom stereocenters. The number of hydrogen-bond donors (Lipinski definition) is 1. The second-order valence-electron chi connectivity index (χ2n) is 8.08. The highest BCUT2D eigenvalue weighted by molar-refractivity contribution is 7.99. The molecule has 1 aromatic heterocycles. The van der Waals surface area contributed by atoms with Crippen molar-refractivity contribution in [3.63, 3.8) is 0 Å². The minimum atomic E-state index is -0.416. The Morgan fingerprint density at radius 3 is 2.85 bits per heavy atom. The van der Waals surface area contributed by atoms with Gasteiger partial charge in [-0.2, -0.15) is 4.98 Å². The van der Waals surface area contributed by atoms with E-state index in [9.17, 15) is 9.59 Å². The van der Waals surface area contributed by atoms with Crippen LogP contribution in [0, 0.1) is 16.7 Å². The number of nitrogens with zero attached hydrogens (tertiary/aromatic N) is 2. The maximum absolute atomic E-state index is 12.4. The van der Waals surface area contributed by atoms with E-state index in [1.54, 1.807) is 10.6 Å². The summed E-state index contributed by atoms with van der Waals surface area (Å²) in [5.41, 5.74) is 5.70. The molecule has 1 aromatic rings. The normalized spacial score (nSPS) is 28.9. The maximum Gasteiger partial charge on any atom is 0.316 e. The van der Waals surface area contributed by atoms with E-state index in [4.69, 9.17) is 10.5 Å². The summed E-state index contributed by atoms with van der Waals surface area (Å²) in [6, 6.07) is 1.27. The lowest BCUT2D eigenvalue weighted by molar-refractivity contribution is -0.153. The van der Waals surface area contributed by atoms with Gasteiger partial charge >= 0.3 is 5.97 Å². The number of fused-ring (bicyclic) bond motifs is 2. The second kappa shape index (κ2) is 6.76. The number of aromatic nitrogens is 2. The van der Waals surface area contributed by atoms with Crippen LogP contribution in [-0.2, 0) is 16.1 Å². The Morgan fingerprint density at radius 1 is 1.54 bits per heavy atom. The molecule has 2 N–H and O–H groups in total. The van der Waals surface area contributed by atoms with Crippen LogP contribution in [0.5, 0.6) is 0 Å². The van der Waals surface area contributed by atoms with E-state index in [0.717, 1.165) is 12.8 Å². The van der Waals surface area contributed by atoms with Crippen LogP contribution in [0.3, 0.4) is 0 Å². The number of nitrogens with two attached hydrogens (primary N) is 1. The van der Waals surface area contributed by atoms with Crippen molar-refractivity contribution in [3.8, 4) is 0 Å². The number of thioether (sulfide) groups is 1. The lowest BCUT2D eigenvalue weighted by atomic mass is 9.70. The van der Waals surface area contributed by atoms with Crippen molar-refractivity contribution in [2.45, 2.75) is 57.8 Å². The van der Waals surface area contributed by atoms with E-state index in [1.807, 2.05) is 0 Å². The molecule has 0 radical (unpaired) electrons. The third-order valence-corrected chi connectivity index (χ3v) is 7.59. The van der Waals surface area contributed by atoms with Crippen LogP contribution in [0.4, 0.5) is 5.82 Å². The molecular weight excluding hydrogens is 350 g/mol. The molecule has 0 aromatic carbocycles. The quantitative estimate of drug-likeness (QED) is 0.355. The summed E-state index contributed by atoms with van der Waals surface area (Å²) in [5.74, 6) is 0.755. The number of anilines is 1. The largest absolute Gasteiger partial charge is 0.461 e. The van der Waals surface area contributed by atoms with Crippen molar-refractivity contribution < 1.29 is 9.53 Å². The van der Waals surface area contributed by atoms with Gasteiger partial charge in [0.2, 0.25) is 0 Å². The molecule has 6 nitrogen and oxygen atoms in total. The molecule has 2 fully saturated rings. The Morgan fingerprint density at radius 2 is 2.27 bits per heavy atom. The monoisotopic (exact) mass is 377 g/mol. The number of ether oxygens (including phenoxy) is 1. The van der Waals surface area contributed by atoms with E-state index in [1.165, 1.54) is 24.2 Å². The van der Waals surface area contributed by atoms with E-state index < -0.39 is 5.56 Å². The van der Waals surface area contributed by atoms with E-state index in [-0.39, 0.29) is 28.7 Å². The van der Waals surface area contributed by atoms with Crippen LogP contribution in [0.15, 0.2) is 28.7 Å². The molecule has 0 amide bonds. The van der Waals surface area contributed by atoms with Gasteiger partial charge < -0.3 is 15.0 Å². The first-order chi connectivity index (χ1) is 12.2. The molecular formula is C19H27N3O3S. The standard InChI is InChI=1S/C19H27N3O3S/c1-5-8-22-14(20)10-15(23)21-17(22)26-11-16(24)25-13-9-12-6-7-19(13,4)18(12,2)3/h5,10,12-13H,1,6-9,11,20H2,2-4H3/t12-,13+,19+/m0/s1. The zero-order valence-corrected chi connectivity index (χ0v) is 16.5. The molecule has 3 rings (SSSR count). The number of hydrogen-bond acceptors (Lipinski definition) is 6. The van der Waals surface area contributed by atoms with Gasteiger partial charge in [0.05, 0.1) is 5.75 Å². The minimum absolute atomic E-state index is 0.0338. The number of carbonyl (C=O) groups excluding carboxylic acids is 1. The van der Waals surface area contributed by atoms with Gasteiger partial charge in [-0.15, -0.1) is 6.58 Å². The van der Waals surface area contributed by atoms with Gasteiger partial charge in [0, 0.05) is 18.0 Å². The van der Waals surface area contributed by atoms with Crippen LogP contribution in [0.25, 0.3) is 0 Å². The predicted octanol–water partition coefficient (Wildman–Crippen LogP) is 2.86. The number of nitrogen functional groups attached to an aromatic ring is 1. The van der Waals surface area contributed by atoms with Crippen LogP contribution >= 0.6 is 11.8 Å². The first-order valence-corrected chi connectivity index (χ1v) is 9.98. The first-order valence-electron chi connectivity index (χ1n) is 8.99. The summed E-state index contributed by atoms with van der Waals surface area (Å²) in [4.78, 5) is 28.0. The van der Waals surface area contributed by atoms with Crippen molar-refractivity contribution in [2.75, 3.05) is 11.5 Å². The fourth-order valence-corrected chi connectivity index (χ4v) is 5.35. The van der Waals surface area contributed by atoms with Gasteiger partial charge in [-0.25, -0.2) is 0 Å². The summed E-state index contributed by atoms with van der Waals surface area (Å²) in [6.07, 6.45) is 4.90. The summed E-state index contributed by atoms with van der Waals surface area (Å²) >= 11 is 1.18. The van der Waals surface area contributed by atoms with Crippen molar-refractivity contribution >= 4 is 23.5 Å². The third kappa shape index (κ3) is 3.06. The highest BCUT2D eigenvalue weighted by Crippen LogP contribution is 2.66. The Labute approximate surface area is 158 Å². The number of esters is 1. The molecule has 26 heavy (non-hydrogen) atoms. The Bertz CT molecular complexity index is 789.